The van der Waals surface area contributed by atoms with E-state index in [4.69, 9.17) is 5.73 Å². The highest BCUT2D eigenvalue weighted by atomic mass is 14.7. The van der Waals surface area contributed by atoms with E-state index in [0.29, 0.717) is 0 Å². The van der Waals surface area contributed by atoms with Crippen molar-refractivity contribution in [3.8, 4) is 0 Å². The Morgan fingerprint density at radius 1 is 1.07 bits per heavy atom. The Kier molecular flexibility index (Phi) is 8.13. The van der Waals surface area contributed by atoms with E-state index in [1.165, 1.54) is 44.9 Å². The molecule has 0 bridgehead atoms. The summed E-state index contributed by atoms with van der Waals surface area (Å²) in [7, 11) is 0. The maximum absolute atomic E-state index is 6.12. The molecule has 2 unspecified atom stereocenters. The van der Waals surface area contributed by atoms with Crippen molar-refractivity contribution in [3.63, 3.8) is 0 Å². The van der Waals surface area contributed by atoms with Crippen molar-refractivity contribution in [1.29, 1.82) is 0 Å². The molecule has 0 aliphatic rings. The topological polar surface area (TPSA) is 26.0 Å². The van der Waals surface area contributed by atoms with Crippen LogP contribution in [0.3, 0.4) is 0 Å². The van der Waals surface area contributed by atoms with Crippen LogP contribution >= 0.6 is 0 Å². The average Bonchev–Trinajstić information content (AvgIpc) is 2.18. The van der Waals surface area contributed by atoms with E-state index in [-0.39, 0.29) is 5.54 Å². The Morgan fingerprint density at radius 3 is 2.20 bits per heavy atom. The van der Waals surface area contributed by atoms with Gasteiger partial charge in [-0.1, -0.05) is 59.3 Å². The second kappa shape index (κ2) is 8.15. The van der Waals surface area contributed by atoms with Crippen LogP contribution in [-0.4, -0.2) is 5.54 Å². The fourth-order valence-corrected chi connectivity index (χ4v) is 1.92. The highest BCUT2D eigenvalue weighted by Gasteiger charge is 2.15. The predicted molar refractivity (Wildman–Crippen MR) is 70.0 cm³/mol. The molecular formula is C14H31N. The van der Waals surface area contributed by atoms with Crippen LogP contribution in [0.4, 0.5) is 0 Å². The van der Waals surface area contributed by atoms with Crippen LogP contribution in [0.5, 0.6) is 0 Å². The molecule has 1 heteroatoms. The second-order valence-electron chi connectivity index (χ2n) is 5.50. The van der Waals surface area contributed by atoms with Gasteiger partial charge in [-0.15, -0.1) is 0 Å². The van der Waals surface area contributed by atoms with Crippen molar-refractivity contribution in [3.05, 3.63) is 0 Å². The van der Waals surface area contributed by atoms with Crippen LogP contribution in [0.2, 0.25) is 0 Å². The van der Waals surface area contributed by atoms with Crippen LogP contribution in [0.15, 0.2) is 0 Å². The van der Waals surface area contributed by atoms with Crippen molar-refractivity contribution in [2.45, 2.75) is 84.6 Å². The summed E-state index contributed by atoms with van der Waals surface area (Å²) < 4.78 is 0. The molecule has 0 aliphatic heterocycles. The quantitative estimate of drug-likeness (QED) is 0.561. The molecule has 2 N–H and O–H groups in total. The molecule has 0 fully saturated rings. The molecule has 0 spiro atoms. The summed E-state index contributed by atoms with van der Waals surface area (Å²) in [4.78, 5) is 0. The molecule has 0 saturated heterocycles. The Hall–Kier alpha value is -0.0400. The molecule has 0 rings (SSSR count). The molecule has 0 saturated carbocycles. The summed E-state index contributed by atoms with van der Waals surface area (Å²) in [6, 6.07) is 0. The van der Waals surface area contributed by atoms with E-state index < -0.39 is 0 Å². The van der Waals surface area contributed by atoms with Gasteiger partial charge >= 0.3 is 0 Å². The summed E-state index contributed by atoms with van der Waals surface area (Å²) in [5.41, 5.74) is 6.20. The minimum atomic E-state index is 0.0726. The van der Waals surface area contributed by atoms with Gasteiger partial charge in [0, 0.05) is 5.54 Å². The maximum atomic E-state index is 6.12. The van der Waals surface area contributed by atoms with Gasteiger partial charge in [-0.25, -0.2) is 0 Å². The minimum Gasteiger partial charge on any atom is -0.325 e. The molecule has 1 nitrogen and oxygen atoms in total. The third-order valence-electron chi connectivity index (χ3n) is 3.55. The predicted octanol–water partition coefficient (Wildman–Crippen LogP) is 4.50. The molecule has 0 amide bonds. The number of unbranched alkanes of at least 4 members (excludes halogenated alkanes) is 2. The molecule has 0 aliphatic carbocycles. The summed E-state index contributed by atoms with van der Waals surface area (Å²) in [6.45, 7) is 9.01. The molecule has 0 radical (unpaired) electrons. The minimum absolute atomic E-state index is 0.0726. The normalized spacial score (nSPS) is 17.4. The van der Waals surface area contributed by atoms with Gasteiger partial charge in [-0.2, -0.15) is 0 Å². The lowest BCUT2D eigenvalue weighted by Crippen LogP contribution is -2.34. The fourth-order valence-electron chi connectivity index (χ4n) is 1.92. The summed E-state index contributed by atoms with van der Waals surface area (Å²) in [6.07, 6.45) is 10.5. The Morgan fingerprint density at radius 2 is 1.67 bits per heavy atom. The van der Waals surface area contributed by atoms with Gasteiger partial charge in [0.25, 0.3) is 0 Å². The monoisotopic (exact) mass is 213 g/mol. The molecule has 92 valence electrons. The summed E-state index contributed by atoms with van der Waals surface area (Å²) >= 11 is 0. The van der Waals surface area contributed by atoms with Gasteiger partial charge < -0.3 is 5.73 Å². The van der Waals surface area contributed by atoms with E-state index in [9.17, 15) is 0 Å². The van der Waals surface area contributed by atoms with Gasteiger partial charge in [0.1, 0.15) is 0 Å². The van der Waals surface area contributed by atoms with Gasteiger partial charge in [0.05, 0.1) is 0 Å². The van der Waals surface area contributed by atoms with Crippen LogP contribution in [0, 0.1) is 5.92 Å². The van der Waals surface area contributed by atoms with Crippen LogP contribution in [-0.2, 0) is 0 Å². The van der Waals surface area contributed by atoms with E-state index in [1.54, 1.807) is 0 Å². The summed E-state index contributed by atoms with van der Waals surface area (Å²) in [5.74, 6) is 0.893. The third kappa shape index (κ3) is 8.92. The smallest absolute Gasteiger partial charge is 0.0123 e. The highest BCUT2D eigenvalue weighted by Crippen LogP contribution is 2.20. The van der Waals surface area contributed by atoms with Crippen molar-refractivity contribution in [2.75, 3.05) is 0 Å². The molecule has 0 aromatic heterocycles. The van der Waals surface area contributed by atoms with Gasteiger partial charge in [0.2, 0.25) is 0 Å². The lowest BCUT2D eigenvalue weighted by Gasteiger charge is -2.23. The molecule has 0 heterocycles. The Balaban J connectivity index is 3.42. The van der Waals surface area contributed by atoms with Gasteiger partial charge in [0.15, 0.2) is 0 Å². The zero-order chi connectivity index (χ0) is 11.7. The van der Waals surface area contributed by atoms with E-state index in [0.717, 1.165) is 12.3 Å². The number of nitrogens with two attached hydrogens (primary N) is 1. The van der Waals surface area contributed by atoms with Crippen LogP contribution < -0.4 is 5.73 Å². The van der Waals surface area contributed by atoms with E-state index in [2.05, 4.69) is 27.7 Å². The summed E-state index contributed by atoms with van der Waals surface area (Å²) in [5, 5.41) is 0. The zero-order valence-corrected chi connectivity index (χ0v) is 11.3. The second-order valence-corrected chi connectivity index (χ2v) is 5.50. The zero-order valence-electron chi connectivity index (χ0n) is 11.3. The third-order valence-corrected chi connectivity index (χ3v) is 3.55. The lowest BCUT2D eigenvalue weighted by molar-refractivity contribution is 0.366. The fraction of sp³-hybridized carbons (Fsp3) is 1.00. The van der Waals surface area contributed by atoms with Gasteiger partial charge in [-0.3, -0.25) is 0 Å². The molecule has 0 aromatic carbocycles. The number of hydrogen-bond acceptors (Lipinski definition) is 1. The molecular weight excluding hydrogens is 182 g/mol. The Bertz CT molecular complexity index is 140. The van der Waals surface area contributed by atoms with E-state index >= 15 is 0 Å². The molecule has 0 aromatic rings. The maximum Gasteiger partial charge on any atom is 0.0123 e. The molecule has 15 heavy (non-hydrogen) atoms. The van der Waals surface area contributed by atoms with Crippen molar-refractivity contribution in [1.82, 2.24) is 0 Å². The Labute approximate surface area is 96.8 Å². The average molecular weight is 213 g/mol. The van der Waals surface area contributed by atoms with E-state index in [1.807, 2.05) is 0 Å². The number of hydrogen-bond donors (Lipinski definition) is 1. The van der Waals surface area contributed by atoms with Crippen LogP contribution in [0.1, 0.15) is 79.1 Å². The lowest BCUT2D eigenvalue weighted by atomic mass is 9.90. The highest BCUT2D eigenvalue weighted by molar-refractivity contribution is 4.76. The first kappa shape index (κ1) is 15.0. The SMILES string of the molecule is CCCCCC(C)CCCC(C)(N)CC. The van der Waals surface area contributed by atoms with Gasteiger partial charge in [-0.05, 0) is 25.7 Å². The standard InChI is InChI=1S/C14H31N/c1-5-7-8-10-13(3)11-9-12-14(4,15)6-2/h13H,5-12,15H2,1-4H3. The van der Waals surface area contributed by atoms with Crippen LogP contribution in [0.25, 0.3) is 0 Å². The van der Waals surface area contributed by atoms with Crippen molar-refractivity contribution in [2.24, 2.45) is 11.7 Å². The number of rotatable bonds is 9. The first-order valence-corrected chi connectivity index (χ1v) is 6.80. The first-order chi connectivity index (χ1) is 7.02. The molecule has 2 atom stereocenters. The van der Waals surface area contributed by atoms with Crippen molar-refractivity contribution < 1.29 is 0 Å². The van der Waals surface area contributed by atoms with Crippen molar-refractivity contribution >= 4 is 0 Å². The largest absolute Gasteiger partial charge is 0.325 e. The first-order valence-electron chi connectivity index (χ1n) is 6.80.